The van der Waals surface area contributed by atoms with Crippen LogP contribution < -0.4 is 5.73 Å². The Kier molecular flexibility index (Phi) is 3.66. The summed E-state index contributed by atoms with van der Waals surface area (Å²) in [5, 5.41) is 0. The highest BCUT2D eigenvalue weighted by Gasteiger charge is 2.48. The van der Waals surface area contributed by atoms with E-state index in [1.807, 2.05) is 0 Å². The molecular formula is C17H25N3O2S. The molecule has 1 aliphatic carbocycles. The third-order valence-electron chi connectivity index (χ3n) is 5.80. The molecule has 3 aliphatic rings. The van der Waals surface area contributed by atoms with E-state index in [1.165, 1.54) is 25.7 Å². The van der Waals surface area contributed by atoms with Crippen LogP contribution in [0.4, 0.5) is 5.69 Å². The van der Waals surface area contributed by atoms with Crippen molar-refractivity contribution in [2.24, 2.45) is 0 Å². The Bertz CT molecular complexity index is 670. The van der Waals surface area contributed by atoms with Gasteiger partial charge in [-0.15, -0.1) is 0 Å². The molecule has 2 aliphatic heterocycles. The van der Waals surface area contributed by atoms with Crippen LogP contribution in [0, 0.1) is 0 Å². The maximum absolute atomic E-state index is 12.9. The highest BCUT2D eigenvalue weighted by Crippen LogP contribution is 2.44. The van der Waals surface area contributed by atoms with Gasteiger partial charge in [-0.25, -0.2) is 8.42 Å². The monoisotopic (exact) mass is 335 g/mol. The van der Waals surface area contributed by atoms with E-state index in [0.29, 0.717) is 22.7 Å². The van der Waals surface area contributed by atoms with E-state index < -0.39 is 10.0 Å². The molecule has 2 heterocycles. The van der Waals surface area contributed by atoms with Gasteiger partial charge in [0.05, 0.1) is 4.90 Å². The minimum atomic E-state index is -3.44. The van der Waals surface area contributed by atoms with Crippen LogP contribution in [0.1, 0.15) is 38.5 Å². The molecule has 0 amide bonds. The fraction of sp³-hybridized carbons (Fsp3) is 0.647. The lowest BCUT2D eigenvalue weighted by Crippen LogP contribution is -2.51. The number of hydrogen-bond donors (Lipinski definition) is 1. The molecule has 23 heavy (non-hydrogen) atoms. The van der Waals surface area contributed by atoms with Crippen molar-refractivity contribution in [3.05, 3.63) is 24.3 Å². The first kappa shape index (κ1) is 15.4. The van der Waals surface area contributed by atoms with Crippen molar-refractivity contribution in [2.75, 3.05) is 12.8 Å². The predicted octanol–water partition coefficient (Wildman–Crippen LogP) is 2.05. The van der Waals surface area contributed by atoms with E-state index in [1.54, 1.807) is 35.6 Å². The number of rotatable bonds is 4. The van der Waals surface area contributed by atoms with Crippen LogP contribution in [0.15, 0.2) is 29.2 Å². The molecule has 1 aromatic rings. The number of nitrogens with two attached hydrogens (primary N) is 1. The Morgan fingerprint density at radius 2 is 1.52 bits per heavy atom. The molecule has 2 N–H and O–H groups in total. The van der Waals surface area contributed by atoms with Crippen LogP contribution in [0.25, 0.3) is 0 Å². The number of nitrogen functional groups attached to an aromatic ring is 1. The summed E-state index contributed by atoms with van der Waals surface area (Å²) in [6, 6.07) is 8.58. The van der Waals surface area contributed by atoms with Crippen molar-refractivity contribution in [1.29, 1.82) is 0 Å². The summed E-state index contributed by atoms with van der Waals surface area (Å²) in [7, 11) is -1.70. The molecule has 1 aromatic carbocycles. The quantitative estimate of drug-likeness (QED) is 0.855. The van der Waals surface area contributed by atoms with Gasteiger partial charge in [-0.05, 0) is 62.8 Å². The molecule has 1 saturated carbocycles. The van der Waals surface area contributed by atoms with Gasteiger partial charge in [0.1, 0.15) is 0 Å². The van der Waals surface area contributed by atoms with Gasteiger partial charge < -0.3 is 5.73 Å². The van der Waals surface area contributed by atoms with E-state index in [2.05, 4.69) is 4.90 Å². The Morgan fingerprint density at radius 1 is 1.00 bits per heavy atom. The van der Waals surface area contributed by atoms with E-state index in [4.69, 9.17) is 5.73 Å². The van der Waals surface area contributed by atoms with Gasteiger partial charge in [-0.2, -0.15) is 4.31 Å². The summed E-state index contributed by atoms with van der Waals surface area (Å²) >= 11 is 0. The molecule has 2 unspecified atom stereocenters. The van der Waals surface area contributed by atoms with E-state index in [-0.39, 0.29) is 6.04 Å². The van der Waals surface area contributed by atoms with Gasteiger partial charge in [-0.1, -0.05) is 0 Å². The molecule has 6 heteroatoms. The van der Waals surface area contributed by atoms with Crippen molar-refractivity contribution < 1.29 is 8.42 Å². The summed E-state index contributed by atoms with van der Waals surface area (Å²) in [5.41, 5.74) is 6.25. The summed E-state index contributed by atoms with van der Waals surface area (Å²) in [6.45, 7) is 0. The number of fused-ring (bicyclic) bond motifs is 2. The highest BCUT2D eigenvalue weighted by atomic mass is 32.2. The van der Waals surface area contributed by atoms with E-state index >= 15 is 0 Å². The SMILES string of the molecule is CN(C1CC2CCC(C1)N2C1CC1)S(=O)(=O)c1ccc(N)cc1. The van der Waals surface area contributed by atoms with Crippen molar-refractivity contribution in [1.82, 2.24) is 9.21 Å². The zero-order chi connectivity index (χ0) is 16.2. The lowest BCUT2D eigenvalue weighted by molar-refractivity contribution is 0.0902. The first-order valence-corrected chi connectivity index (χ1v) is 10.0. The maximum Gasteiger partial charge on any atom is 0.243 e. The van der Waals surface area contributed by atoms with E-state index in [0.717, 1.165) is 18.9 Å². The van der Waals surface area contributed by atoms with Crippen LogP contribution >= 0.6 is 0 Å². The Hall–Kier alpha value is -1.11. The highest BCUT2D eigenvalue weighted by molar-refractivity contribution is 7.89. The summed E-state index contributed by atoms with van der Waals surface area (Å²) in [4.78, 5) is 3.03. The average molecular weight is 335 g/mol. The first-order chi connectivity index (χ1) is 11.0. The van der Waals surface area contributed by atoms with Crippen LogP contribution in [0.5, 0.6) is 0 Å². The predicted molar refractivity (Wildman–Crippen MR) is 90.5 cm³/mol. The lowest BCUT2D eigenvalue weighted by atomic mass is 9.97. The number of nitrogens with zero attached hydrogens (tertiary/aromatic N) is 2. The Labute approximate surface area is 138 Å². The van der Waals surface area contributed by atoms with Crippen molar-refractivity contribution >= 4 is 15.7 Å². The van der Waals surface area contributed by atoms with Gasteiger partial charge in [-0.3, -0.25) is 4.90 Å². The zero-order valence-corrected chi connectivity index (χ0v) is 14.4. The number of benzene rings is 1. The summed E-state index contributed by atoms with van der Waals surface area (Å²) in [5.74, 6) is 0. The molecule has 4 rings (SSSR count). The fourth-order valence-corrected chi connectivity index (χ4v) is 5.83. The second-order valence-corrected chi connectivity index (χ2v) is 9.28. The second-order valence-electron chi connectivity index (χ2n) is 7.28. The molecule has 5 nitrogen and oxygen atoms in total. The van der Waals surface area contributed by atoms with Crippen molar-refractivity contribution in [3.8, 4) is 0 Å². The molecule has 2 bridgehead atoms. The van der Waals surface area contributed by atoms with Gasteiger partial charge in [0.2, 0.25) is 10.0 Å². The zero-order valence-electron chi connectivity index (χ0n) is 13.6. The van der Waals surface area contributed by atoms with Crippen LogP contribution in [-0.2, 0) is 10.0 Å². The molecular weight excluding hydrogens is 310 g/mol. The van der Waals surface area contributed by atoms with Crippen molar-refractivity contribution in [3.63, 3.8) is 0 Å². The van der Waals surface area contributed by atoms with Gasteiger partial charge >= 0.3 is 0 Å². The minimum Gasteiger partial charge on any atom is -0.399 e. The normalized spacial score (nSPS) is 31.7. The molecule has 126 valence electrons. The van der Waals surface area contributed by atoms with Gasteiger partial charge in [0.25, 0.3) is 0 Å². The summed E-state index contributed by atoms with van der Waals surface area (Å²) in [6.07, 6.45) is 7.06. The second kappa shape index (κ2) is 5.46. The molecule has 2 saturated heterocycles. The topological polar surface area (TPSA) is 66.6 Å². The molecule has 0 radical (unpaired) electrons. The van der Waals surface area contributed by atoms with E-state index in [9.17, 15) is 8.42 Å². The number of anilines is 1. The third kappa shape index (κ3) is 2.66. The standard InChI is InChI=1S/C17H25N3O2S/c1-19(23(21,22)17-8-2-12(18)3-9-17)16-10-14-6-7-15(11-16)20(14)13-4-5-13/h2-3,8-9,13-16H,4-7,10-11,18H2,1H3. The lowest BCUT2D eigenvalue weighted by Gasteiger charge is -2.42. The molecule has 2 atom stereocenters. The Morgan fingerprint density at radius 3 is 2.04 bits per heavy atom. The average Bonchev–Trinajstić information content (AvgIpc) is 3.33. The van der Waals surface area contributed by atoms with Crippen LogP contribution in [-0.4, -0.2) is 48.8 Å². The molecule has 0 aromatic heterocycles. The largest absolute Gasteiger partial charge is 0.399 e. The van der Waals surface area contributed by atoms with Crippen LogP contribution in [0.2, 0.25) is 0 Å². The fourth-order valence-electron chi connectivity index (χ4n) is 4.45. The number of piperidine rings is 1. The van der Waals surface area contributed by atoms with Crippen molar-refractivity contribution in [2.45, 2.75) is 67.6 Å². The van der Waals surface area contributed by atoms with Gasteiger partial charge in [0.15, 0.2) is 0 Å². The molecule has 0 spiro atoms. The third-order valence-corrected chi connectivity index (χ3v) is 7.73. The van der Waals surface area contributed by atoms with Gasteiger partial charge in [0, 0.05) is 36.9 Å². The summed E-state index contributed by atoms with van der Waals surface area (Å²) < 4.78 is 27.4. The van der Waals surface area contributed by atoms with Crippen LogP contribution in [0.3, 0.4) is 0 Å². The minimum absolute atomic E-state index is 0.116. The smallest absolute Gasteiger partial charge is 0.243 e. The number of sulfonamides is 1. The Balaban J connectivity index is 1.53. The number of hydrogen-bond acceptors (Lipinski definition) is 4. The first-order valence-electron chi connectivity index (χ1n) is 8.58. The molecule has 3 fully saturated rings. The maximum atomic E-state index is 12.9.